The first-order valence-electron chi connectivity index (χ1n) is 6.79. The lowest BCUT2D eigenvalue weighted by Crippen LogP contribution is -2.51. The average molecular weight is 241 g/mol. The Morgan fingerprint density at radius 2 is 1.59 bits per heavy atom. The van der Waals surface area contributed by atoms with E-state index in [0.717, 1.165) is 12.8 Å². The molecule has 0 aromatic rings. The molecule has 2 nitrogen and oxygen atoms in total. The van der Waals surface area contributed by atoms with Crippen LogP contribution in [0.15, 0.2) is 0 Å². The van der Waals surface area contributed by atoms with Crippen molar-refractivity contribution in [1.82, 2.24) is 5.32 Å². The first-order chi connectivity index (χ1) is 7.47. The van der Waals surface area contributed by atoms with Crippen molar-refractivity contribution in [2.24, 2.45) is 11.3 Å². The molecule has 0 amide bonds. The smallest absolute Gasteiger partial charge is 0.155 e. The van der Waals surface area contributed by atoms with Crippen molar-refractivity contribution in [3.63, 3.8) is 0 Å². The van der Waals surface area contributed by atoms with Crippen molar-refractivity contribution in [2.75, 3.05) is 0 Å². The minimum absolute atomic E-state index is 0.0148. The Hall–Kier alpha value is -0.370. The monoisotopic (exact) mass is 241 g/mol. The summed E-state index contributed by atoms with van der Waals surface area (Å²) in [6, 6.07) is -0.0232. The fraction of sp³-hybridized carbons (Fsp3) is 0.933. The number of rotatable bonds is 5. The minimum atomic E-state index is -0.267. The summed E-state index contributed by atoms with van der Waals surface area (Å²) in [6.07, 6.45) is 2.06. The number of Topliss-reactive ketones (excluding diaryl/α,β-unsaturated/α-hetero) is 1. The van der Waals surface area contributed by atoms with Crippen molar-refractivity contribution in [3.8, 4) is 0 Å². The minimum Gasteiger partial charge on any atom is -0.303 e. The maximum absolute atomic E-state index is 12.4. The van der Waals surface area contributed by atoms with Gasteiger partial charge in [0.1, 0.15) is 0 Å². The SMILES string of the molecule is CCC(C)CC(NC(C)(C)C)C(=O)C(C)(C)C. The molecule has 0 aromatic carbocycles. The van der Waals surface area contributed by atoms with Crippen molar-refractivity contribution in [2.45, 2.75) is 79.8 Å². The van der Waals surface area contributed by atoms with Crippen LogP contribution in [0.3, 0.4) is 0 Å². The van der Waals surface area contributed by atoms with Gasteiger partial charge in [-0.3, -0.25) is 4.79 Å². The van der Waals surface area contributed by atoms with E-state index in [9.17, 15) is 4.79 Å². The van der Waals surface area contributed by atoms with Crippen LogP contribution in [-0.4, -0.2) is 17.4 Å². The van der Waals surface area contributed by atoms with E-state index in [4.69, 9.17) is 0 Å². The molecule has 0 aliphatic rings. The third-order valence-electron chi connectivity index (χ3n) is 3.00. The fourth-order valence-corrected chi connectivity index (χ4v) is 1.85. The Labute approximate surface area is 108 Å². The summed E-state index contributed by atoms with van der Waals surface area (Å²) in [5, 5.41) is 3.48. The van der Waals surface area contributed by atoms with Gasteiger partial charge in [-0.2, -0.15) is 0 Å². The Bertz CT molecular complexity index is 245. The largest absolute Gasteiger partial charge is 0.303 e. The number of carbonyl (C=O) groups excluding carboxylic acids is 1. The molecule has 0 saturated carbocycles. The lowest BCUT2D eigenvalue weighted by Gasteiger charge is -2.33. The Morgan fingerprint density at radius 3 is 1.88 bits per heavy atom. The number of hydrogen-bond acceptors (Lipinski definition) is 2. The summed E-state index contributed by atoms with van der Waals surface area (Å²) < 4.78 is 0. The molecule has 0 saturated heterocycles. The third-order valence-corrected chi connectivity index (χ3v) is 3.00. The lowest BCUT2D eigenvalue weighted by atomic mass is 9.82. The van der Waals surface area contributed by atoms with Crippen LogP contribution in [0.4, 0.5) is 0 Å². The maximum atomic E-state index is 12.4. The van der Waals surface area contributed by atoms with Gasteiger partial charge in [-0.15, -0.1) is 0 Å². The van der Waals surface area contributed by atoms with Gasteiger partial charge in [0.2, 0.25) is 0 Å². The summed E-state index contributed by atoms with van der Waals surface area (Å²) in [4.78, 5) is 12.4. The van der Waals surface area contributed by atoms with E-state index >= 15 is 0 Å². The molecule has 1 N–H and O–H groups in total. The molecule has 2 heteroatoms. The molecule has 0 rings (SSSR count). The van der Waals surface area contributed by atoms with E-state index in [-0.39, 0.29) is 17.0 Å². The zero-order valence-electron chi connectivity index (χ0n) is 13.0. The van der Waals surface area contributed by atoms with Gasteiger partial charge in [0, 0.05) is 11.0 Å². The van der Waals surface area contributed by atoms with Gasteiger partial charge in [-0.05, 0) is 33.1 Å². The summed E-state index contributed by atoms with van der Waals surface area (Å²) >= 11 is 0. The molecule has 0 heterocycles. The normalized spacial score (nSPS) is 16.7. The first kappa shape index (κ1) is 16.6. The van der Waals surface area contributed by atoms with E-state index in [1.54, 1.807) is 0 Å². The van der Waals surface area contributed by atoms with Gasteiger partial charge < -0.3 is 5.32 Å². The average Bonchev–Trinajstić information content (AvgIpc) is 2.11. The van der Waals surface area contributed by atoms with Crippen molar-refractivity contribution < 1.29 is 4.79 Å². The fourth-order valence-electron chi connectivity index (χ4n) is 1.85. The molecule has 0 fully saturated rings. The second-order valence-electron chi connectivity index (χ2n) is 7.31. The molecular formula is C15H31NO. The zero-order valence-corrected chi connectivity index (χ0v) is 13.0. The number of hydrogen-bond donors (Lipinski definition) is 1. The molecule has 0 aliphatic carbocycles. The topological polar surface area (TPSA) is 29.1 Å². The second kappa shape index (κ2) is 5.99. The first-order valence-corrected chi connectivity index (χ1v) is 6.79. The van der Waals surface area contributed by atoms with E-state index in [1.807, 2.05) is 20.8 Å². The molecule has 17 heavy (non-hydrogen) atoms. The van der Waals surface area contributed by atoms with Crippen LogP contribution in [0.1, 0.15) is 68.2 Å². The highest BCUT2D eigenvalue weighted by Gasteiger charge is 2.32. The molecule has 0 aromatic heterocycles. The summed E-state index contributed by atoms with van der Waals surface area (Å²) in [6.45, 7) is 16.8. The van der Waals surface area contributed by atoms with Crippen molar-refractivity contribution in [3.05, 3.63) is 0 Å². The van der Waals surface area contributed by atoms with E-state index < -0.39 is 0 Å². The predicted molar refractivity (Wildman–Crippen MR) is 75.2 cm³/mol. The molecule has 0 spiro atoms. The van der Waals surface area contributed by atoms with Crippen molar-refractivity contribution in [1.29, 1.82) is 0 Å². The molecular weight excluding hydrogens is 210 g/mol. The lowest BCUT2D eigenvalue weighted by molar-refractivity contribution is -0.129. The molecule has 0 bridgehead atoms. The van der Waals surface area contributed by atoms with Gasteiger partial charge >= 0.3 is 0 Å². The maximum Gasteiger partial charge on any atom is 0.155 e. The van der Waals surface area contributed by atoms with Gasteiger partial charge in [0.15, 0.2) is 5.78 Å². The van der Waals surface area contributed by atoms with Crippen LogP contribution < -0.4 is 5.32 Å². The highest BCUT2D eigenvalue weighted by molar-refractivity contribution is 5.88. The number of carbonyl (C=O) groups is 1. The van der Waals surface area contributed by atoms with Crippen LogP contribution in [0.2, 0.25) is 0 Å². The molecule has 0 aliphatic heterocycles. The quantitative estimate of drug-likeness (QED) is 0.793. The Morgan fingerprint density at radius 1 is 1.12 bits per heavy atom. The molecule has 102 valence electrons. The molecule has 2 unspecified atom stereocenters. The van der Waals surface area contributed by atoms with E-state index in [2.05, 4.69) is 39.9 Å². The van der Waals surface area contributed by atoms with Gasteiger partial charge in [-0.25, -0.2) is 0 Å². The highest BCUT2D eigenvalue weighted by atomic mass is 16.1. The highest BCUT2D eigenvalue weighted by Crippen LogP contribution is 2.22. The van der Waals surface area contributed by atoms with Crippen LogP contribution in [0, 0.1) is 11.3 Å². The van der Waals surface area contributed by atoms with E-state index in [1.165, 1.54) is 0 Å². The predicted octanol–water partition coefficient (Wildman–Crippen LogP) is 3.79. The van der Waals surface area contributed by atoms with E-state index in [0.29, 0.717) is 11.7 Å². The Balaban J connectivity index is 4.80. The number of ketones is 1. The molecule has 2 atom stereocenters. The van der Waals surface area contributed by atoms with Crippen LogP contribution >= 0.6 is 0 Å². The standard InChI is InChI=1S/C15H31NO/c1-9-11(2)10-12(16-15(6,7)8)13(17)14(3,4)5/h11-12,16H,9-10H2,1-8H3. The third kappa shape index (κ3) is 6.82. The van der Waals surface area contributed by atoms with Crippen LogP contribution in [0.25, 0.3) is 0 Å². The molecule has 0 radical (unpaired) electrons. The van der Waals surface area contributed by atoms with Gasteiger partial charge in [-0.1, -0.05) is 41.0 Å². The summed E-state index contributed by atoms with van der Waals surface area (Å²) in [5.41, 5.74) is -0.282. The van der Waals surface area contributed by atoms with Gasteiger partial charge in [0.05, 0.1) is 6.04 Å². The summed E-state index contributed by atoms with van der Waals surface area (Å²) in [5.74, 6) is 0.911. The zero-order chi connectivity index (χ0) is 13.9. The van der Waals surface area contributed by atoms with Crippen LogP contribution in [-0.2, 0) is 4.79 Å². The number of nitrogens with one attached hydrogen (secondary N) is 1. The Kier molecular flexibility index (Phi) is 5.86. The van der Waals surface area contributed by atoms with Crippen molar-refractivity contribution >= 4 is 5.78 Å². The van der Waals surface area contributed by atoms with Crippen LogP contribution in [0.5, 0.6) is 0 Å². The summed E-state index contributed by atoms with van der Waals surface area (Å²) in [7, 11) is 0. The second-order valence-corrected chi connectivity index (χ2v) is 7.31. The van der Waals surface area contributed by atoms with Gasteiger partial charge in [0.25, 0.3) is 0 Å².